The summed E-state index contributed by atoms with van der Waals surface area (Å²) in [6, 6.07) is 15.9. The van der Waals surface area contributed by atoms with E-state index in [2.05, 4.69) is 44.8 Å². The van der Waals surface area contributed by atoms with Crippen molar-refractivity contribution in [3.8, 4) is 5.69 Å². The van der Waals surface area contributed by atoms with Gasteiger partial charge >= 0.3 is 0 Å². The molecule has 0 saturated carbocycles. The van der Waals surface area contributed by atoms with Crippen molar-refractivity contribution in [2.24, 2.45) is 0 Å². The first kappa shape index (κ1) is 19.2. The third kappa shape index (κ3) is 4.63. The summed E-state index contributed by atoms with van der Waals surface area (Å²) >= 11 is 6.08. The van der Waals surface area contributed by atoms with Gasteiger partial charge in [0.25, 0.3) is 0 Å². The van der Waals surface area contributed by atoms with E-state index >= 15 is 0 Å². The highest BCUT2D eigenvalue weighted by Gasteiger charge is 2.13. The minimum atomic E-state index is 0.655. The zero-order valence-corrected chi connectivity index (χ0v) is 17.2. The predicted molar refractivity (Wildman–Crippen MR) is 117 cm³/mol. The van der Waals surface area contributed by atoms with Crippen LogP contribution in [0.4, 0.5) is 5.69 Å². The zero-order valence-electron chi connectivity index (χ0n) is 16.5. The van der Waals surface area contributed by atoms with Crippen LogP contribution in [0.5, 0.6) is 0 Å². The quantitative estimate of drug-likeness (QED) is 0.461. The maximum Gasteiger partial charge on any atom is 0.119 e. The molecule has 5 nitrogen and oxygen atoms in total. The van der Waals surface area contributed by atoms with Gasteiger partial charge in [-0.15, -0.1) is 0 Å². The molecule has 146 valence electrons. The Morgan fingerprint density at radius 3 is 2.41 bits per heavy atom. The molecule has 0 radical (unpaired) electrons. The van der Waals surface area contributed by atoms with E-state index in [0.717, 1.165) is 34.2 Å². The van der Waals surface area contributed by atoms with Crippen LogP contribution in [0.2, 0.25) is 5.02 Å². The van der Waals surface area contributed by atoms with Gasteiger partial charge in [-0.1, -0.05) is 17.7 Å². The first-order valence-electron chi connectivity index (χ1n) is 9.44. The third-order valence-electron chi connectivity index (χ3n) is 4.75. The highest BCUT2D eigenvalue weighted by molar-refractivity contribution is 6.30. The molecule has 0 spiro atoms. The average molecular weight is 404 g/mol. The normalized spacial score (nSPS) is 10.9. The SMILES string of the molecule is Cc1ccc(Cc2nc(CN(C)c3ccncc3)cn2-c2ccc(Cl)cc2)nc1. The summed E-state index contributed by atoms with van der Waals surface area (Å²) in [6.45, 7) is 2.73. The number of nitrogens with zero attached hydrogens (tertiary/aromatic N) is 5. The lowest BCUT2D eigenvalue weighted by molar-refractivity contribution is 0.870. The molecule has 0 aliphatic rings. The fourth-order valence-corrected chi connectivity index (χ4v) is 3.32. The van der Waals surface area contributed by atoms with E-state index in [1.807, 2.05) is 49.5 Å². The molecule has 0 aliphatic heterocycles. The largest absolute Gasteiger partial charge is 0.369 e. The molecule has 4 aromatic rings. The van der Waals surface area contributed by atoms with Gasteiger partial charge in [0.15, 0.2) is 0 Å². The lowest BCUT2D eigenvalue weighted by Crippen LogP contribution is -2.16. The fraction of sp³-hybridized carbons (Fsp3) is 0.174. The van der Waals surface area contributed by atoms with Crippen LogP contribution in [-0.2, 0) is 13.0 Å². The molecule has 1 aromatic carbocycles. The first-order chi connectivity index (χ1) is 14.1. The van der Waals surface area contributed by atoms with Crippen molar-refractivity contribution >= 4 is 17.3 Å². The van der Waals surface area contributed by atoms with Crippen LogP contribution in [0.25, 0.3) is 5.69 Å². The number of halogens is 1. The molecular weight excluding hydrogens is 382 g/mol. The van der Waals surface area contributed by atoms with Gasteiger partial charge in [-0.3, -0.25) is 9.97 Å². The first-order valence-corrected chi connectivity index (χ1v) is 9.82. The topological polar surface area (TPSA) is 46.8 Å². The number of hydrogen-bond acceptors (Lipinski definition) is 4. The maximum atomic E-state index is 6.08. The summed E-state index contributed by atoms with van der Waals surface area (Å²) in [7, 11) is 2.05. The van der Waals surface area contributed by atoms with E-state index in [0.29, 0.717) is 18.0 Å². The van der Waals surface area contributed by atoms with Crippen LogP contribution >= 0.6 is 11.6 Å². The van der Waals surface area contributed by atoms with Gasteiger partial charge in [-0.2, -0.15) is 0 Å². The second kappa shape index (κ2) is 8.45. The molecule has 0 atom stereocenters. The van der Waals surface area contributed by atoms with Gasteiger partial charge in [0.1, 0.15) is 5.82 Å². The Hall–Kier alpha value is -3.18. The van der Waals surface area contributed by atoms with Crippen molar-refractivity contribution in [3.63, 3.8) is 0 Å². The molecule has 0 saturated heterocycles. The van der Waals surface area contributed by atoms with E-state index < -0.39 is 0 Å². The molecule has 4 rings (SSSR count). The monoisotopic (exact) mass is 403 g/mol. The van der Waals surface area contributed by atoms with Gasteiger partial charge in [0.05, 0.1) is 12.2 Å². The van der Waals surface area contributed by atoms with E-state index in [1.165, 1.54) is 0 Å². The summed E-state index contributed by atoms with van der Waals surface area (Å²) < 4.78 is 2.12. The third-order valence-corrected chi connectivity index (χ3v) is 5.00. The highest BCUT2D eigenvalue weighted by atomic mass is 35.5. The van der Waals surface area contributed by atoms with Crippen LogP contribution in [0.1, 0.15) is 22.8 Å². The Morgan fingerprint density at radius 1 is 0.966 bits per heavy atom. The number of aryl methyl sites for hydroxylation is 1. The van der Waals surface area contributed by atoms with Gasteiger partial charge in [0, 0.05) is 60.3 Å². The van der Waals surface area contributed by atoms with Gasteiger partial charge < -0.3 is 9.47 Å². The smallest absolute Gasteiger partial charge is 0.119 e. The summed E-state index contributed by atoms with van der Waals surface area (Å²) in [5.41, 5.74) is 5.26. The number of aromatic nitrogens is 4. The Bertz CT molecular complexity index is 1070. The van der Waals surface area contributed by atoms with Crippen LogP contribution in [-0.4, -0.2) is 26.6 Å². The number of pyridine rings is 2. The van der Waals surface area contributed by atoms with Crippen LogP contribution in [0.15, 0.2) is 73.3 Å². The Labute approximate surface area is 175 Å². The van der Waals surface area contributed by atoms with Crippen LogP contribution < -0.4 is 4.90 Å². The molecule has 3 aromatic heterocycles. The second-order valence-corrected chi connectivity index (χ2v) is 7.50. The molecule has 0 aliphatic carbocycles. The number of imidazole rings is 1. The molecule has 0 bridgehead atoms. The van der Waals surface area contributed by atoms with E-state index in [1.54, 1.807) is 12.4 Å². The molecule has 6 heteroatoms. The Morgan fingerprint density at radius 2 is 1.72 bits per heavy atom. The molecule has 29 heavy (non-hydrogen) atoms. The number of rotatable bonds is 6. The average Bonchev–Trinajstić information content (AvgIpc) is 3.13. The Balaban J connectivity index is 1.66. The van der Waals surface area contributed by atoms with Crippen LogP contribution in [0.3, 0.4) is 0 Å². The standard InChI is InChI=1S/C23H22ClN5/c1-17-3-6-19(26-14-17)13-23-27-20(15-28(2)21-9-11-25-12-10-21)16-29(23)22-7-4-18(24)5-8-22/h3-12,14,16H,13,15H2,1-2H3. The summed E-state index contributed by atoms with van der Waals surface area (Å²) in [5.74, 6) is 0.946. The molecular formula is C23H22ClN5. The minimum absolute atomic E-state index is 0.655. The highest BCUT2D eigenvalue weighted by Crippen LogP contribution is 2.20. The van der Waals surface area contributed by atoms with Gasteiger partial charge in [-0.05, 0) is 55.0 Å². The molecule has 0 amide bonds. The van der Waals surface area contributed by atoms with Crippen molar-refractivity contribution in [2.75, 3.05) is 11.9 Å². The zero-order chi connectivity index (χ0) is 20.2. The lowest BCUT2D eigenvalue weighted by Gasteiger charge is -2.17. The predicted octanol–water partition coefficient (Wildman–Crippen LogP) is 4.85. The van der Waals surface area contributed by atoms with Gasteiger partial charge in [-0.25, -0.2) is 4.98 Å². The summed E-state index contributed by atoms with van der Waals surface area (Å²) in [5, 5.41) is 0.716. The van der Waals surface area contributed by atoms with Crippen molar-refractivity contribution in [3.05, 3.63) is 101 Å². The summed E-state index contributed by atoms with van der Waals surface area (Å²) in [6.07, 6.45) is 8.23. The number of benzene rings is 1. The summed E-state index contributed by atoms with van der Waals surface area (Å²) in [4.78, 5) is 15.7. The van der Waals surface area contributed by atoms with Crippen molar-refractivity contribution in [1.29, 1.82) is 0 Å². The molecule has 0 unspecified atom stereocenters. The number of anilines is 1. The maximum absolute atomic E-state index is 6.08. The van der Waals surface area contributed by atoms with Crippen molar-refractivity contribution < 1.29 is 0 Å². The van der Waals surface area contributed by atoms with Crippen LogP contribution in [0, 0.1) is 6.92 Å². The number of hydrogen-bond donors (Lipinski definition) is 0. The lowest BCUT2D eigenvalue weighted by atomic mass is 10.2. The molecule has 3 heterocycles. The van der Waals surface area contributed by atoms with E-state index in [9.17, 15) is 0 Å². The van der Waals surface area contributed by atoms with Crippen molar-refractivity contribution in [2.45, 2.75) is 19.9 Å². The fourth-order valence-electron chi connectivity index (χ4n) is 3.20. The molecule has 0 fully saturated rings. The van der Waals surface area contributed by atoms with E-state index in [4.69, 9.17) is 16.6 Å². The molecule has 0 N–H and O–H groups in total. The van der Waals surface area contributed by atoms with Crippen molar-refractivity contribution in [1.82, 2.24) is 19.5 Å². The Kier molecular flexibility index (Phi) is 5.58. The second-order valence-electron chi connectivity index (χ2n) is 7.06. The van der Waals surface area contributed by atoms with E-state index in [-0.39, 0.29) is 0 Å². The van der Waals surface area contributed by atoms with Gasteiger partial charge in [0.2, 0.25) is 0 Å². The minimum Gasteiger partial charge on any atom is -0.369 e.